The molecule has 0 bridgehead atoms. The number of carbonyl (C=O) groups excluding carboxylic acids is 2. The van der Waals surface area contributed by atoms with Gasteiger partial charge in [-0.15, -0.1) is 0 Å². The van der Waals surface area contributed by atoms with Gasteiger partial charge >= 0.3 is 0 Å². The second-order valence-corrected chi connectivity index (χ2v) is 8.38. The fourth-order valence-corrected chi connectivity index (χ4v) is 3.52. The lowest BCUT2D eigenvalue weighted by atomic mass is 10.1. The maximum absolute atomic E-state index is 12.3. The third kappa shape index (κ3) is 5.29. The van der Waals surface area contributed by atoms with Crippen molar-refractivity contribution in [2.75, 3.05) is 26.0 Å². The topological polar surface area (TPSA) is 92.8 Å². The standard InChI is InChI=1S/C18H19ClN2O5S/c1-12(22)13-5-4-6-15(9-13)26-11-18(23)20-14-7-8-16(19)17(10-14)27(24,25)21(2)3/h4-10H,11H2,1-3H3,(H,20,23). The minimum absolute atomic E-state index is 0.0546. The number of ketones is 1. The molecule has 2 aromatic rings. The normalized spacial score (nSPS) is 11.3. The molecule has 0 radical (unpaired) electrons. The largest absolute Gasteiger partial charge is 0.484 e. The Morgan fingerprint density at radius 1 is 1.15 bits per heavy atom. The Kier molecular flexibility index (Phi) is 6.59. The first-order valence-electron chi connectivity index (χ1n) is 7.87. The van der Waals surface area contributed by atoms with Crippen LogP contribution in [0.4, 0.5) is 5.69 Å². The van der Waals surface area contributed by atoms with Crippen LogP contribution >= 0.6 is 11.6 Å². The maximum atomic E-state index is 12.3. The molecule has 1 N–H and O–H groups in total. The van der Waals surface area contributed by atoms with E-state index >= 15 is 0 Å². The molecule has 7 nitrogen and oxygen atoms in total. The molecule has 0 unspecified atom stereocenters. The Balaban J connectivity index is 2.08. The van der Waals surface area contributed by atoms with Gasteiger partial charge in [0.15, 0.2) is 12.4 Å². The van der Waals surface area contributed by atoms with E-state index in [-0.39, 0.29) is 28.0 Å². The number of nitrogens with one attached hydrogen (secondary N) is 1. The number of amides is 1. The summed E-state index contributed by atoms with van der Waals surface area (Å²) < 4.78 is 30.9. The monoisotopic (exact) mass is 410 g/mol. The van der Waals surface area contributed by atoms with E-state index in [9.17, 15) is 18.0 Å². The molecule has 0 saturated heterocycles. The number of Topliss-reactive ketones (excluding diaryl/α,β-unsaturated/α-hetero) is 1. The second-order valence-electron chi connectivity index (χ2n) is 5.85. The number of hydrogen-bond acceptors (Lipinski definition) is 5. The van der Waals surface area contributed by atoms with Crippen molar-refractivity contribution in [2.45, 2.75) is 11.8 Å². The van der Waals surface area contributed by atoms with Gasteiger partial charge < -0.3 is 10.1 Å². The number of halogens is 1. The van der Waals surface area contributed by atoms with Crippen LogP contribution in [-0.2, 0) is 14.8 Å². The summed E-state index contributed by atoms with van der Waals surface area (Å²) in [6.07, 6.45) is 0. The molecule has 2 rings (SSSR count). The molecule has 0 aliphatic heterocycles. The van der Waals surface area contributed by atoms with Crippen molar-refractivity contribution in [3.05, 3.63) is 53.1 Å². The molecule has 0 aliphatic rings. The first-order chi connectivity index (χ1) is 12.6. The number of carbonyl (C=O) groups is 2. The van der Waals surface area contributed by atoms with Crippen LogP contribution in [0.25, 0.3) is 0 Å². The van der Waals surface area contributed by atoms with Gasteiger partial charge in [-0.25, -0.2) is 12.7 Å². The Hall–Kier alpha value is -2.42. The van der Waals surface area contributed by atoms with Gasteiger partial charge in [0, 0.05) is 25.3 Å². The second kappa shape index (κ2) is 8.51. The maximum Gasteiger partial charge on any atom is 0.262 e. The van der Waals surface area contributed by atoms with Crippen LogP contribution in [-0.4, -0.2) is 45.1 Å². The van der Waals surface area contributed by atoms with E-state index in [1.165, 1.54) is 39.2 Å². The molecule has 0 aromatic heterocycles. The summed E-state index contributed by atoms with van der Waals surface area (Å²) in [5.41, 5.74) is 0.745. The zero-order chi connectivity index (χ0) is 20.2. The first kappa shape index (κ1) is 20.9. The van der Waals surface area contributed by atoms with E-state index in [0.29, 0.717) is 11.3 Å². The lowest BCUT2D eigenvalue weighted by Crippen LogP contribution is -2.23. The predicted octanol–water partition coefficient (Wildman–Crippen LogP) is 2.81. The van der Waals surface area contributed by atoms with Crippen molar-refractivity contribution in [1.29, 1.82) is 0 Å². The molecule has 27 heavy (non-hydrogen) atoms. The molecule has 0 saturated carbocycles. The van der Waals surface area contributed by atoms with Crippen LogP contribution in [0.2, 0.25) is 5.02 Å². The average molecular weight is 411 g/mol. The molecular formula is C18H19ClN2O5S. The molecule has 0 heterocycles. The Morgan fingerprint density at radius 3 is 2.48 bits per heavy atom. The zero-order valence-corrected chi connectivity index (χ0v) is 16.6. The Bertz CT molecular complexity index is 973. The van der Waals surface area contributed by atoms with Crippen molar-refractivity contribution in [2.24, 2.45) is 0 Å². The smallest absolute Gasteiger partial charge is 0.262 e. The van der Waals surface area contributed by atoms with E-state index in [2.05, 4.69) is 5.32 Å². The Morgan fingerprint density at radius 2 is 1.85 bits per heavy atom. The summed E-state index contributed by atoms with van der Waals surface area (Å²) in [5.74, 6) is -0.218. The number of hydrogen-bond donors (Lipinski definition) is 1. The van der Waals surface area contributed by atoms with Crippen LogP contribution in [0.5, 0.6) is 5.75 Å². The highest BCUT2D eigenvalue weighted by molar-refractivity contribution is 7.89. The number of rotatable bonds is 7. The molecule has 9 heteroatoms. The molecule has 0 atom stereocenters. The van der Waals surface area contributed by atoms with Crippen molar-refractivity contribution >= 4 is 39.0 Å². The summed E-state index contributed by atoms with van der Waals surface area (Å²) in [5, 5.41) is 2.61. The van der Waals surface area contributed by atoms with Gasteiger partial charge in [-0.3, -0.25) is 9.59 Å². The molecule has 2 aromatic carbocycles. The quantitative estimate of drug-likeness (QED) is 0.708. The fraction of sp³-hybridized carbons (Fsp3) is 0.222. The van der Waals surface area contributed by atoms with Gasteiger partial charge in [0.05, 0.1) is 5.02 Å². The minimum Gasteiger partial charge on any atom is -0.484 e. The molecule has 1 amide bonds. The van der Waals surface area contributed by atoms with E-state index in [1.807, 2.05) is 0 Å². The molecule has 144 valence electrons. The van der Waals surface area contributed by atoms with Gasteiger partial charge in [-0.1, -0.05) is 23.7 Å². The highest BCUT2D eigenvalue weighted by atomic mass is 35.5. The van der Waals surface area contributed by atoms with Gasteiger partial charge in [0.1, 0.15) is 10.6 Å². The van der Waals surface area contributed by atoms with Gasteiger partial charge in [-0.05, 0) is 37.3 Å². The lowest BCUT2D eigenvalue weighted by molar-refractivity contribution is -0.118. The van der Waals surface area contributed by atoms with E-state index in [0.717, 1.165) is 4.31 Å². The average Bonchev–Trinajstić information content (AvgIpc) is 2.61. The lowest BCUT2D eigenvalue weighted by Gasteiger charge is -2.14. The van der Waals surface area contributed by atoms with Crippen molar-refractivity contribution in [3.8, 4) is 5.75 Å². The summed E-state index contributed by atoms with van der Waals surface area (Å²) in [6.45, 7) is 1.13. The number of sulfonamides is 1. The molecule has 0 fully saturated rings. The summed E-state index contributed by atoms with van der Waals surface area (Å²) in [7, 11) is -0.970. The summed E-state index contributed by atoms with van der Waals surface area (Å²) in [4.78, 5) is 23.3. The van der Waals surface area contributed by atoms with Crippen molar-refractivity contribution < 1.29 is 22.7 Å². The van der Waals surface area contributed by atoms with Crippen LogP contribution in [0.15, 0.2) is 47.4 Å². The molecular weight excluding hydrogens is 392 g/mol. The zero-order valence-electron chi connectivity index (χ0n) is 15.0. The number of ether oxygens (including phenoxy) is 1. The predicted molar refractivity (Wildman–Crippen MR) is 103 cm³/mol. The highest BCUT2D eigenvalue weighted by Gasteiger charge is 2.21. The molecule has 0 aliphatic carbocycles. The van der Waals surface area contributed by atoms with Gasteiger partial charge in [-0.2, -0.15) is 0 Å². The van der Waals surface area contributed by atoms with Crippen LogP contribution < -0.4 is 10.1 Å². The van der Waals surface area contributed by atoms with Crippen LogP contribution in [0.1, 0.15) is 17.3 Å². The van der Waals surface area contributed by atoms with Crippen molar-refractivity contribution in [1.82, 2.24) is 4.31 Å². The fourth-order valence-electron chi connectivity index (χ4n) is 2.13. The summed E-state index contributed by atoms with van der Waals surface area (Å²) in [6, 6.07) is 10.6. The van der Waals surface area contributed by atoms with Crippen molar-refractivity contribution in [3.63, 3.8) is 0 Å². The van der Waals surface area contributed by atoms with Crippen LogP contribution in [0.3, 0.4) is 0 Å². The van der Waals surface area contributed by atoms with E-state index in [4.69, 9.17) is 16.3 Å². The number of benzene rings is 2. The third-order valence-corrected chi connectivity index (χ3v) is 5.88. The van der Waals surface area contributed by atoms with E-state index in [1.54, 1.807) is 24.3 Å². The minimum atomic E-state index is -3.75. The number of nitrogens with zero attached hydrogens (tertiary/aromatic N) is 1. The number of anilines is 1. The van der Waals surface area contributed by atoms with Gasteiger partial charge in [0.25, 0.3) is 5.91 Å². The highest BCUT2D eigenvalue weighted by Crippen LogP contribution is 2.26. The SMILES string of the molecule is CC(=O)c1cccc(OCC(=O)Nc2ccc(Cl)c(S(=O)(=O)N(C)C)c2)c1. The van der Waals surface area contributed by atoms with Crippen LogP contribution in [0, 0.1) is 0 Å². The van der Waals surface area contributed by atoms with Gasteiger partial charge in [0.2, 0.25) is 10.0 Å². The third-order valence-electron chi connectivity index (χ3n) is 3.58. The molecule has 0 spiro atoms. The van der Waals surface area contributed by atoms with E-state index < -0.39 is 15.9 Å². The Labute approximate surface area is 162 Å². The summed E-state index contributed by atoms with van der Waals surface area (Å²) >= 11 is 5.97. The first-order valence-corrected chi connectivity index (χ1v) is 9.69.